The van der Waals surface area contributed by atoms with Crippen LogP contribution in [0, 0.1) is 11.8 Å². The van der Waals surface area contributed by atoms with E-state index in [0.29, 0.717) is 23.1 Å². The minimum Gasteiger partial charge on any atom is -0.485 e. The van der Waals surface area contributed by atoms with Crippen molar-refractivity contribution in [3.8, 4) is 11.5 Å². The van der Waals surface area contributed by atoms with Gasteiger partial charge in [0.25, 0.3) is 0 Å². The molecule has 1 saturated carbocycles. The summed E-state index contributed by atoms with van der Waals surface area (Å²) in [7, 11) is 1.75. The van der Waals surface area contributed by atoms with Crippen molar-refractivity contribution in [1.82, 2.24) is 5.32 Å². The summed E-state index contributed by atoms with van der Waals surface area (Å²) < 4.78 is 29.2. The van der Waals surface area contributed by atoms with Gasteiger partial charge in [-0.2, -0.15) is 0 Å². The van der Waals surface area contributed by atoms with Gasteiger partial charge in [-0.25, -0.2) is 0 Å². The van der Waals surface area contributed by atoms with Crippen LogP contribution < -0.4 is 14.8 Å². The maximum atomic E-state index is 12.2. The quantitative estimate of drug-likeness (QED) is 0.111. The molecular weight excluding hydrogens is 542 g/mol. The average Bonchev–Trinajstić information content (AvgIpc) is 3.43. The molecule has 1 aliphatic carbocycles. The van der Waals surface area contributed by atoms with Gasteiger partial charge in [0.15, 0.2) is 16.9 Å². The van der Waals surface area contributed by atoms with Gasteiger partial charge in [-0.3, -0.25) is 4.79 Å². The molecule has 4 rings (SSSR count). The Morgan fingerprint density at radius 2 is 1.98 bits per heavy atom. The molecule has 41 heavy (non-hydrogen) atoms. The van der Waals surface area contributed by atoms with Gasteiger partial charge in [-0.1, -0.05) is 0 Å². The highest BCUT2D eigenvalue weighted by Gasteiger charge is 2.69. The molecular formula is C28H41NO12. The Bertz CT molecular complexity index is 1170. The van der Waals surface area contributed by atoms with E-state index in [-0.39, 0.29) is 50.4 Å². The number of carbonyl (C=O) groups excluding carboxylic acids is 1. The number of rotatable bonds is 14. The number of likely N-dealkylation sites (N-methyl/N-ethyl adjacent to an activating group) is 1. The molecule has 2 heterocycles. The van der Waals surface area contributed by atoms with Crippen LogP contribution >= 0.6 is 0 Å². The minimum absolute atomic E-state index is 0.000665. The molecule has 2 fully saturated rings. The fourth-order valence-corrected chi connectivity index (χ4v) is 6.02. The number of aliphatic hydroxyl groups excluding tert-OH is 4. The number of fused-ring (bicyclic) bond motifs is 3. The Balaban J connectivity index is 1.83. The first-order valence-electron chi connectivity index (χ1n) is 13.9. The molecule has 13 nitrogen and oxygen atoms in total. The second-order valence-corrected chi connectivity index (χ2v) is 10.6. The summed E-state index contributed by atoms with van der Waals surface area (Å²) in [6.45, 7) is 0.880. The number of nitrogens with one attached hydrogen (secondary N) is 1. The summed E-state index contributed by atoms with van der Waals surface area (Å²) in [4.78, 5) is 12.2. The lowest BCUT2D eigenvalue weighted by atomic mass is 9.59. The van der Waals surface area contributed by atoms with Gasteiger partial charge >= 0.3 is 5.97 Å². The first kappa shape index (κ1) is 31.4. The fraction of sp³-hybridized carbons (Fsp3) is 0.679. The van der Waals surface area contributed by atoms with E-state index in [1.54, 1.807) is 26.1 Å². The van der Waals surface area contributed by atoms with Crippen molar-refractivity contribution in [3.63, 3.8) is 0 Å². The van der Waals surface area contributed by atoms with Crippen molar-refractivity contribution in [2.45, 2.75) is 62.3 Å². The van der Waals surface area contributed by atoms with Crippen LogP contribution in [0.25, 0.3) is 11.0 Å². The lowest BCUT2D eigenvalue weighted by Crippen LogP contribution is -2.79. The van der Waals surface area contributed by atoms with E-state index >= 15 is 0 Å². The smallest absolute Gasteiger partial charge is 0.306 e. The van der Waals surface area contributed by atoms with Gasteiger partial charge in [0.1, 0.15) is 24.4 Å². The summed E-state index contributed by atoms with van der Waals surface area (Å²) in [5.74, 6) is -2.03. The van der Waals surface area contributed by atoms with Gasteiger partial charge in [0.05, 0.1) is 19.5 Å². The molecule has 6 atom stereocenters. The van der Waals surface area contributed by atoms with Gasteiger partial charge in [-0.05, 0) is 50.9 Å². The molecule has 1 aliphatic heterocycles. The molecule has 2 bridgehead atoms. The van der Waals surface area contributed by atoms with Crippen LogP contribution in [0.15, 0.2) is 22.8 Å². The number of furan rings is 1. The van der Waals surface area contributed by atoms with Crippen LogP contribution in [0.4, 0.5) is 0 Å². The van der Waals surface area contributed by atoms with Crippen molar-refractivity contribution in [1.29, 1.82) is 0 Å². The lowest BCUT2D eigenvalue weighted by Gasteiger charge is -2.60. The third-order valence-corrected chi connectivity index (χ3v) is 8.24. The molecule has 6 unspecified atom stereocenters. The number of aliphatic hydroxyl groups is 6. The number of benzene rings is 1. The number of ether oxygens (including phenoxy) is 4. The molecule has 1 aromatic heterocycles. The number of esters is 1. The summed E-state index contributed by atoms with van der Waals surface area (Å²) in [6, 6.07) is 3.46. The zero-order valence-corrected chi connectivity index (χ0v) is 23.3. The van der Waals surface area contributed by atoms with Crippen LogP contribution in [0.2, 0.25) is 0 Å². The number of aryl methyl sites for hydroxylation is 1. The summed E-state index contributed by atoms with van der Waals surface area (Å²) in [5.41, 5.74) is -3.52. The maximum Gasteiger partial charge on any atom is 0.306 e. The molecule has 0 radical (unpaired) electrons. The Hall–Kier alpha value is -2.49. The fourth-order valence-electron chi connectivity index (χ4n) is 6.02. The van der Waals surface area contributed by atoms with Crippen molar-refractivity contribution in [2.24, 2.45) is 11.8 Å². The predicted molar refractivity (Wildman–Crippen MR) is 143 cm³/mol. The van der Waals surface area contributed by atoms with Crippen molar-refractivity contribution in [2.75, 3.05) is 46.6 Å². The highest BCUT2D eigenvalue weighted by molar-refractivity contribution is 5.87. The summed E-state index contributed by atoms with van der Waals surface area (Å²) in [5, 5.41) is 68.5. The maximum absolute atomic E-state index is 12.2. The van der Waals surface area contributed by atoms with E-state index in [2.05, 4.69) is 5.32 Å². The average molecular weight is 584 g/mol. The third-order valence-electron chi connectivity index (χ3n) is 8.24. The highest BCUT2D eigenvalue weighted by atomic mass is 16.7. The first-order valence-corrected chi connectivity index (χ1v) is 13.9. The Morgan fingerprint density at radius 1 is 1.22 bits per heavy atom. The summed E-state index contributed by atoms with van der Waals surface area (Å²) >= 11 is 0. The lowest BCUT2D eigenvalue weighted by molar-refractivity contribution is -0.384. The van der Waals surface area contributed by atoms with Gasteiger partial charge in [-0.15, -0.1) is 0 Å². The van der Waals surface area contributed by atoms with E-state index in [0.717, 1.165) is 0 Å². The topological polar surface area (TPSA) is 201 Å². The van der Waals surface area contributed by atoms with Crippen molar-refractivity contribution >= 4 is 16.9 Å². The normalized spacial score (nSPS) is 29.6. The molecule has 13 heteroatoms. The largest absolute Gasteiger partial charge is 0.485 e. The third kappa shape index (κ3) is 5.77. The van der Waals surface area contributed by atoms with Gasteiger partial charge in [0, 0.05) is 43.4 Å². The molecule has 7 N–H and O–H groups in total. The number of hydrogen-bond acceptors (Lipinski definition) is 13. The molecule has 1 aromatic carbocycles. The van der Waals surface area contributed by atoms with Gasteiger partial charge in [0.2, 0.25) is 12.0 Å². The van der Waals surface area contributed by atoms with Crippen LogP contribution in [0.5, 0.6) is 11.5 Å². The molecule has 0 amide bonds. The van der Waals surface area contributed by atoms with E-state index in [1.165, 1.54) is 6.26 Å². The van der Waals surface area contributed by atoms with Crippen LogP contribution in [-0.4, -0.2) is 113 Å². The zero-order chi connectivity index (χ0) is 29.8. The minimum atomic E-state index is -2.33. The van der Waals surface area contributed by atoms with Crippen molar-refractivity contribution < 1.29 is 58.8 Å². The Kier molecular flexibility index (Phi) is 10.1. The Labute approximate surface area is 237 Å². The van der Waals surface area contributed by atoms with E-state index in [4.69, 9.17) is 23.4 Å². The van der Waals surface area contributed by atoms with E-state index in [9.17, 15) is 35.4 Å². The second kappa shape index (κ2) is 13.2. The van der Waals surface area contributed by atoms with Crippen LogP contribution in [0.3, 0.4) is 0 Å². The zero-order valence-electron chi connectivity index (χ0n) is 23.3. The van der Waals surface area contributed by atoms with E-state index in [1.807, 2.05) is 0 Å². The van der Waals surface area contributed by atoms with E-state index < -0.39 is 67.3 Å². The SMILES string of the molecule is CCOC(=O)CCc1cc2ccoc2c(OCCNC)c1OC1OC(CO)C2(O)CCC(C(CO)CO)C1(O)C2O. The monoisotopic (exact) mass is 583 g/mol. The Morgan fingerprint density at radius 3 is 2.63 bits per heavy atom. The van der Waals surface area contributed by atoms with Gasteiger partial charge < -0.3 is 59.3 Å². The van der Waals surface area contributed by atoms with Crippen molar-refractivity contribution in [3.05, 3.63) is 24.0 Å². The van der Waals surface area contributed by atoms with Crippen LogP contribution in [-0.2, 0) is 20.7 Å². The molecule has 1 saturated heterocycles. The molecule has 2 aliphatic rings. The second-order valence-electron chi connectivity index (χ2n) is 10.6. The molecule has 230 valence electrons. The summed E-state index contributed by atoms with van der Waals surface area (Å²) in [6.07, 6.45) is -3.23. The first-order chi connectivity index (χ1) is 19.7. The number of carbonyl (C=O) groups is 1. The standard InChI is InChI=1S/C28H41NO12/c1-3-37-21(33)5-4-16-12-17-7-10-38-22(17)24(39-11-9-29-2)23(16)41-26-28(36)19(18(13-30)14-31)6-8-27(35,25(28)34)20(15-32)40-26/h7,10,12,18-20,25-26,29-32,34-36H,3-6,8-9,11,13-15H2,1-2H3. The number of hydrogen-bond donors (Lipinski definition) is 7. The highest BCUT2D eigenvalue weighted by Crippen LogP contribution is 2.52. The molecule has 0 spiro atoms. The molecule has 2 aromatic rings. The van der Waals surface area contributed by atoms with Crippen LogP contribution in [0.1, 0.15) is 31.7 Å². The predicted octanol–water partition coefficient (Wildman–Crippen LogP) is -0.543.